The third-order valence-corrected chi connectivity index (χ3v) is 5.09. The number of amides is 2. The molecule has 3 rings (SSSR count). The molecule has 3 aromatic carbocycles. The van der Waals surface area contributed by atoms with Gasteiger partial charge in [-0.05, 0) is 48.9 Å². The highest BCUT2D eigenvalue weighted by molar-refractivity contribution is 6.02. The number of ether oxygens (including phenoxy) is 1. The Labute approximate surface area is 181 Å². The summed E-state index contributed by atoms with van der Waals surface area (Å²) in [4.78, 5) is 36.2. The fourth-order valence-electron chi connectivity index (χ4n) is 3.23. The van der Waals surface area contributed by atoms with Crippen LogP contribution in [-0.4, -0.2) is 24.4 Å². The molecule has 31 heavy (non-hydrogen) atoms. The number of hydrogen-bond acceptors (Lipinski definition) is 4. The highest BCUT2D eigenvalue weighted by Gasteiger charge is 2.11. The molecule has 0 saturated carbocycles. The van der Waals surface area contributed by atoms with Crippen LogP contribution in [0.2, 0.25) is 0 Å². The molecule has 2 amide bonds. The second-order valence-corrected chi connectivity index (χ2v) is 7.38. The third-order valence-electron chi connectivity index (χ3n) is 5.09. The monoisotopic (exact) mass is 418 g/mol. The van der Waals surface area contributed by atoms with Crippen molar-refractivity contribution in [2.75, 3.05) is 17.2 Å². The van der Waals surface area contributed by atoms with Crippen LogP contribution in [0.4, 0.5) is 11.4 Å². The Hall–Kier alpha value is -3.67. The van der Waals surface area contributed by atoms with E-state index in [1.807, 2.05) is 68.4 Å². The second-order valence-electron chi connectivity index (χ2n) is 7.38. The smallest absolute Gasteiger partial charge is 0.306 e. The fraction of sp³-hybridized carbons (Fsp3) is 0.240. The highest BCUT2D eigenvalue weighted by Crippen LogP contribution is 2.23. The molecule has 0 radical (unpaired) electrons. The summed E-state index contributed by atoms with van der Waals surface area (Å²) in [6, 6.07) is 19.1. The summed E-state index contributed by atoms with van der Waals surface area (Å²) in [5.41, 5.74) is 3.48. The van der Waals surface area contributed by atoms with Crippen molar-refractivity contribution in [2.45, 2.75) is 33.1 Å². The Balaban J connectivity index is 1.39. The van der Waals surface area contributed by atoms with Crippen molar-refractivity contribution in [3.05, 3.63) is 71.8 Å². The second kappa shape index (κ2) is 10.4. The van der Waals surface area contributed by atoms with Crippen molar-refractivity contribution in [3.8, 4) is 0 Å². The van der Waals surface area contributed by atoms with Gasteiger partial charge in [-0.15, -0.1) is 0 Å². The molecule has 3 aromatic rings. The summed E-state index contributed by atoms with van der Waals surface area (Å²) in [6.45, 7) is 3.52. The summed E-state index contributed by atoms with van der Waals surface area (Å²) in [5, 5.41) is 7.64. The van der Waals surface area contributed by atoms with Gasteiger partial charge in [0.1, 0.15) is 0 Å². The van der Waals surface area contributed by atoms with E-state index in [0.29, 0.717) is 12.1 Å². The zero-order valence-corrected chi connectivity index (χ0v) is 17.7. The van der Waals surface area contributed by atoms with E-state index in [1.54, 1.807) is 6.07 Å². The van der Waals surface area contributed by atoms with Crippen LogP contribution in [0.5, 0.6) is 0 Å². The maximum atomic E-state index is 12.2. The molecular weight excluding hydrogens is 392 g/mol. The molecule has 0 aromatic heterocycles. The predicted molar refractivity (Wildman–Crippen MR) is 122 cm³/mol. The van der Waals surface area contributed by atoms with Gasteiger partial charge in [0.05, 0.1) is 0 Å². The van der Waals surface area contributed by atoms with Crippen molar-refractivity contribution >= 4 is 39.9 Å². The summed E-state index contributed by atoms with van der Waals surface area (Å²) >= 11 is 0. The zero-order chi connectivity index (χ0) is 22.2. The zero-order valence-electron chi connectivity index (χ0n) is 17.7. The normalized spacial score (nSPS) is 10.5. The lowest BCUT2D eigenvalue weighted by molar-refractivity contribution is -0.147. The quantitative estimate of drug-likeness (QED) is 0.517. The Morgan fingerprint density at radius 1 is 0.774 bits per heavy atom. The fourth-order valence-corrected chi connectivity index (χ4v) is 3.23. The molecule has 0 heterocycles. The lowest BCUT2D eigenvalue weighted by Gasteiger charge is -2.11. The number of nitrogens with one attached hydrogen (secondary N) is 2. The van der Waals surface area contributed by atoms with Gasteiger partial charge in [0.2, 0.25) is 5.91 Å². The minimum Gasteiger partial charge on any atom is -0.456 e. The maximum absolute atomic E-state index is 12.2. The minimum absolute atomic E-state index is 0.0692. The molecule has 0 bridgehead atoms. The standard InChI is InChI=1S/C25H26N2O4/c1-17-8-5-12-21(18(17)2)26-24(29)16-31-25(30)15-7-14-23(28)27-22-13-6-10-19-9-3-4-11-20(19)22/h3-6,8-13H,7,14-16H2,1-2H3,(H,26,29)(H,27,28). The van der Waals surface area contributed by atoms with Crippen LogP contribution in [0.25, 0.3) is 10.8 Å². The topological polar surface area (TPSA) is 84.5 Å². The molecule has 0 aliphatic rings. The van der Waals surface area contributed by atoms with Gasteiger partial charge in [-0.2, -0.15) is 0 Å². The van der Waals surface area contributed by atoms with Gasteiger partial charge < -0.3 is 15.4 Å². The first-order chi connectivity index (χ1) is 14.9. The van der Waals surface area contributed by atoms with Gasteiger partial charge in [-0.1, -0.05) is 48.5 Å². The number of anilines is 2. The number of esters is 1. The maximum Gasteiger partial charge on any atom is 0.306 e. The Bertz CT molecular complexity index is 1100. The van der Waals surface area contributed by atoms with Gasteiger partial charge in [0.25, 0.3) is 5.91 Å². The van der Waals surface area contributed by atoms with Crippen LogP contribution in [0.1, 0.15) is 30.4 Å². The van der Waals surface area contributed by atoms with Crippen LogP contribution in [0, 0.1) is 13.8 Å². The van der Waals surface area contributed by atoms with E-state index in [9.17, 15) is 14.4 Å². The summed E-state index contributed by atoms with van der Waals surface area (Å²) < 4.78 is 5.02. The van der Waals surface area contributed by atoms with Crippen molar-refractivity contribution in [1.82, 2.24) is 0 Å². The molecule has 6 nitrogen and oxygen atoms in total. The average Bonchev–Trinajstić information content (AvgIpc) is 2.76. The van der Waals surface area contributed by atoms with Crippen LogP contribution < -0.4 is 10.6 Å². The van der Waals surface area contributed by atoms with Crippen molar-refractivity contribution < 1.29 is 19.1 Å². The Morgan fingerprint density at radius 2 is 1.45 bits per heavy atom. The van der Waals surface area contributed by atoms with Gasteiger partial charge in [0, 0.05) is 29.6 Å². The van der Waals surface area contributed by atoms with E-state index < -0.39 is 11.9 Å². The number of benzene rings is 3. The van der Waals surface area contributed by atoms with Gasteiger partial charge in [0.15, 0.2) is 6.61 Å². The molecule has 0 aliphatic heterocycles. The third kappa shape index (κ3) is 6.15. The van der Waals surface area contributed by atoms with E-state index in [-0.39, 0.29) is 25.4 Å². The Morgan fingerprint density at radius 3 is 2.29 bits per heavy atom. The van der Waals surface area contributed by atoms with Crippen LogP contribution >= 0.6 is 0 Å². The summed E-state index contributed by atoms with van der Waals surface area (Å²) in [7, 11) is 0. The first kappa shape index (κ1) is 22.0. The van der Waals surface area contributed by atoms with Gasteiger partial charge >= 0.3 is 5.97 Å². The number of aryl methyl sites for hydroxylation is 1. The molecule has 0 atom stereocenters. The highest BCUT2D eigenvalue weighted by atomic mass is 16.5. The first-order valence-electron chi connectivity index (χ1n) is 10.2. The average molecular weight is 418 g/mol. The molecule has 0 unspecified atom stereocenters. The molecular formula is C25H26N2O4. The van der Waals surface area contributed by atoms with Crippen LogP contribution in [0.15, 0.2) is 60.7 Å². The molecule has 0 aliphatic carbocycles. The van der Waals surface area contributed by atoms with Gasteiger partial charge in [-0.25, -0.2) is 0 Å². The van der Waals surface area contributed by atoms with Gasteiger partial charge in [-0.3, -0.25) is 14.4 Å². The minimum atomic E-state index is -0.505. The molecule has 160 valence electrons. The molecule has 6 heteroatoms. The molecule has 0 spiro atoms. The van der Waals surface area contributed by atoms with Crippen molar-refractivity contribution in [1.29, 1.82) is 0 Å². The summed E-state index contributed by atoms with van der Waals surface area (Å²) in [6.07, 6.45) is 0.598. The first-order valence-corrected chi connectivity index (χ1v) is 10.2. The van der Waals surface area contributed by atoms with E-state index in [2.05, 4.69) is 10.6 Å². The largest absolute Gasteiger partial charge is 0.456 e. The summed E-state index contributed by atoms with van der Waals surface area (Å²) in [5.74, 6) is -1.07. The SMILES string of the molecule is Cc1cccc(NC(=O)COC(=O)CCCC(=O)Nc2cccc3ccccc23)c1C. The van der Waals surface area contributed by atoms with Crippen LogP contribution in [0.3, 0.4) is 0 Å². The molecule has 0 fully saturated rings. The lowest BCUT2D eigenvalue weighted by Crippen LogP contribution is -2.21. The van der Waals surface area contributed by atoms with E-state index in [4.69, 9.17) is 4.74 Å². The predicted octanol–water partition coefficient (Wildman–Crippen LogP) is 4.75. The number of hydrogen-bond donors (Lipinski definition) is 2. The lowest BCUT2D eigenvalue weighted by atomic mass is 10.1. The number of carbonyl (C=O) groups excluding carboxylic acids is 3. The van der Waals surface area contributed by atoms with E-state index in [1.165, 1.54) is 0 Å². The van der Waals surface area contributed by atoms with Crippen LogP contribution in [-0.2, 0) is 19.1 Å². The molecule has 2 N–H and O–H groups in total. The van der Waals surface area contributed by atoms with E-state index in [0.717, 1.165) is 27.6 Å². The number of fused-ring (bicyclic) bond motifs is 1. The van der Waals surface area contributed by atoms with Crippen molar-refractivity contribution in [3.63, 3.8) is 0 Å². The Kier molecular flexibility index (Phi) is 7.38. The number of carbonyl (C=O) groups is 3. The number of rotatable bonds is 8. The van der Waals surface area contributed by atoms with Crippen molar-refractivity contribution in [2.24, 2.45) is 0 Å². The molecule has 0 saturated heterocycles. The van der Waals surface area contributed by atoms with E-state index >= 15 is 0 Å².